The van der Waals surface area contributed by atoms with Crippen LogP contribution in [0.4, 0.5) is 0 Å². The van der Waals surface area contributed by atoms with Gasteiger partial charge in [-0.05, 0) is 25.7 Å². The van der Waals surface area contributed by atoms with Crippen molar-refractivity contribution >= 4 is 5.97 Å². The van der Waals surface area contributed by atoms with Crippen LogP contribution in [-0.4, -0.2) is 16.0 Å². The molecule has 0 aromatic carbocycles. The van der Waals surface area contributed by atoms with Crippen LogP contribution in [0, 0.1) is 10.1 Å². The molecule has 0 fully saturated rings. The van der Waals surface area contributed by atoms with Crippen molar-refractivity contribution in [3.8, 4) is 0 Å². The average molecular weight is 325 g/mol. The van der Waals surface area contributed by atoms with Crippen LogP contribution in [0.25, 0.3) is 0 Å². The molecule has 5 heteroatoms. The molecule has 0 aliphatic heterocycles. The summed E-state index contributed by atoms with van der Waals surface area (Å²) in [5, 5.41) is 19.5. The minimum absolute atomic E-state index is 0.211. The Hall–Kier alpha value is -1.65. The van der Waals surface area contributed by atoms with Crippen molar-refractivity contribution in [2.45, 2.75) is 84.0 Å². The van der Waals surface area contributed by atoms with Gasteiger partial charge in [-0.1, -0.05) is 57.6 Å². The smallest absolute Gasteiger partial charge is 0.303 e. The molecule has 132 valence electrons. The molecule has 0 saturated carbocycles. The molecular weight excluding hydrogens is 294 g/mol. The normalized spacial score (nSPS) is 12.0. The van der Waals surface area contributed by atoms with E-state index in [2.05, 4.69) is 6.92 Å². The molecule has 0 unspecified atom stereocenters. The molecule has 0 spiro atoms. The van der Waals surface area contributed by atoms with Gasteiger partial charge in [0.2, 0.25) is 5.70 Å². The standard InChI is InChI=1S/C18H31NO4/c1-2-3-4-5-6-8-11-14-17(19(22)23)15-12-9-7-10-13-16-18(20)21/h8,11,14H,2-7,9-10,12-13,15-16H2,1H3,(H,20,21)/b11-8+,17-14+. The maximum Gasteiger partial charge on any atom is 0.303 e. The summed E-state index contributed by atoms with van der Waals surface area (Å²) in [5.74, 6) is -0.759. The SMILES string of the molecule is CCCCCC/C=C/C=C(\CCCCCCCC(=O)O)[N+](=O)[O-]. The van der Waals surface area contributed by atoms with Crippen LogP contribution in [0.2, 0.25) is 0 Å². The van der Waals surface area contributed by atoms with E-state index in [9.17, 15) is 14.9 Å². The van der Waals surface area contributed by atoms with Gasteiger partial charge in [-0.2, -0.15) is 0 Å². The van der Waals surface area contributed by atoms with E-state index >= 15 is 0 Å². The fourth-order valence-corrected chi connectivity index (χ4v) is 2.31. The molecule has 0 bridgehead atoms. The number of hydrogen-bond donors (Lipinski definition) is 1. The van der Waals surface area contributed by atoms with E-state index in [0.29, 0.717) is 12.8 Å². The van der Waals surface area contributed by atoms with E-state index in [4.69, 9.17) is 5.11 Å². The highest BCUT2D eigenvalue weighted by atomic mass is 16.6. The number of hydrogen-bond acceptors (Lipinski definition) is 3. The van der Waals surface area contributed by atoms with Gasteiger partial charge in [0.25, 0.3) is 0 Å². The minimum atomic E-state index is -0.759. The molecule has 0 aliphatic carbocycles. The van der Waals surface area contributed by atoms with E-state index < -0.39 is 5.97 Å². The van der Waals surface area contributed by atoms with Gasteiger partial charge in [-0.3, -0.25) is 14.9 Å². The number of carbonyl (C=O) groups is 1. The lowest BCUT2D eigenvalue weighted by Crippen LogP contribution is -1.98. The van der Waals surface area contributed by atoms with Crippen molar-refractivity contribution in [3.63, 3.8) is 0 Å². The molecular formula is C18H31NO4. The van der Waals surface area contributed by atoms with Crippen LogP contribution in [0.5, 0.6) is 0 Å². The quantitative estimate of drug-likeness (QED) is 0.187. The maximum absolute atomic E-state index is 11.0. The van der Waals surface area contributed by atoms with Crippen LogP contribution in [-0.2, 0) is 4.79 Å². The molecule has 0 aromatic heterocycles. The zero-order valence-corrected chi connectivity index (χ0v) is 14.3. The summed E-state index contributed by atoms with van der Waals surface area (Å²) in [4.78, 5) is 21.0. The number of carboxylic acids is 1. The molecule has 23 heavy (non-hydrogen) atoms. The highest BCUT2D eigenvalue weighted by Gasteiger charge is 2.08. The van der Waals surface area contributed by atoms with Crippen molar-refractivity contribution in [2.24, 2.45) is 0 Å². The Labute approximate surface area is 139 Å². The minimum Gasteiger partial charge on any atom is -0.481 e. The summed E-state index contributed by atoms with van der Waals surface area (Å²) >= 11 is 0. The fraction of sp³-hybridized carbons (Fsp3) is 0.722. The topological polar surface area (TPSA) is 80.4 Å². The van der Waals surface area contributed by atoms with Gasteiger partial charge in [0.15, 0.2) is 0 Å². The highest BCUT2D eigenvalue weighted by molar-refractivity contribution is 5.66. The van der Waals surface area contributed by atoms with E-state index in [0.717, 1.165) is 38.5 Å². The lowest BCUT2D eigenvalue weighted by Gasteiger charge is -2.00. The second-order valence-corrected chi connectivity index (χ2v) is 5.85. The summed E-state index contributed by atoms with van der Waals surface area (Å²) in [6, 6.07) is 0. The van der Waals surface area contributed by atoms with E-state index in [-0.39, 0.29) is 17.0 Å². The molecule has 1 N–H and O–H groups in total. The van der Waals surface area contributed by atoms with E-state index in [1.165, 1.54) is 19.3 Å². The van der Waals surface area contributed by atoms with Gasteiger partial charge < -0.3 is 5.11 Å². The molecule has 0 aromatic rings. The fourth-order valence-electron chi connectivity index (χ4n) is 2.31. The number of allylic oxidation sites excluding steroid dienone is 4. The number of unbranched alkanes of at least 4 members (excludes halogenated alkanes) is 8. The van der Waals surface area contributed by atoms with Crippen molar-refractivity contribution in [2.75, 3.05) is 0 Å². The molecule has 0 radical (unpaired) electrons. The Morgan fingerprint density at radius 3 is 2.22 bits per heavy atom. The summed E-state index contributed by atoms with van der Waals surface area (Å²) in [6.45, 7) is 2.17. The summed E-state index contributed by atoms with van der Waals surface area (Å²) in [5.41, 5.74) is 0.264. The van der Waals surface area contributed by atoms with Gasteiger partial charge in [0.05, 0.1) is 4.92 Å². The van der Waals surface area contributed by atoms with Crippen LogP contribution in [0.3, 0.4) is 0 Å². The second-order valence-electron chi connectivity index (χ2n) is 5.85. The largest absolute Gasteiger partial charge is 0.481 e. The van der Waals surface area contributed by atoms with Crippen molar-refractivity contribution in [1.82, 2.24) is 0 Å². The molecule has 0 rings (SSSR count). The van der Waals surface area contributed by atoms with Crippen LogP contribution in [0.1, 0.15) is 84.0 Å². The first-order valence-electron chi connectivity index (χ1n) is 8.79. The van der Waals surface area contributed by atoms with Gasteiger partial charge in [0, 0.05) is 18.9 Å². The van der Waals surface area contributed by atoms with Crippen LogP contribution < -0.4 is 0 Å². The van der Waals surface area contributed by atoms with Gasteiger partial charge in [-0.15, -0.1) is 0 Å². The molecule has 0 saturated heterocycles. The maximum atomic E-state index is 11.0. The monoisotopic (exact) mass is 325 g/mol. The first kappa shape index (κ1) is 21.4. The Morgan fingerprint density at radius 2 is 1.61 bits per heavy atom. The van der Waals surface area contributed by atoms with Crippen LogP contribution in [0.15, 0.2) is 23.9 Å². The van der Waals surface area contributed by atoms with Crippen molar-refractivity contribution in [1.29, 1.82) is 0 Å². The van der Waals surface area contributed by atoms with Crippen LogP contribution >= 0.6 is 0 Å². The zero-order valence-electron chi connectivity index (χ0n) is 14.3. The lowest BCUT2D eigenvalue weighted by molar-refractivity contribution is -0.428. The number of nitro groups is 1. The summed E-state index contributed by atoms with van der Waals surface area (Å²) in [6.07, 6.45) is 16.1. The van der Waals surface area contributed by atoms with Gasteiger partial charge >= 0.3 is 5.97 Å². The number of aliphatic carboxylic acids is 1. The number of rotatable bonds is 15. The van der Waals surface area contributed by atoms with Gasteiger partial charge in [-0.25, -0.2) is 0 Å². The lowest BCUT2D eigenvalue weighted by atomic mass is 10.1. The molecule has 0 heterocycles. The summed E-state index contributed by atoms with van der Waals surface area (Å²) in [7, 11) is 0. The molecule has 0 amide bonds. The highest BCUT2D eigenvalue weighted by Crippen LogP contribution is 2.13. The van der Waals surface area contributed by atoms with Gasteiger partial charge in [0.1, 0.15) is 0 Å². The van der Waals surface area contributed by atoms with Crippen molar-refractivity contribution in [3.05, 3.63) is 34.0 Å². The third-order valence-corrected chi connectivity index (χ3v) is 3.71. The van der Waals surface area contributed by atoms with Crippen molar-refractivity contribution < 1.29 is 14.8 Å². The zero-order chi connectivity index (χ0) is 17.3. The predicted molar refractivity (Wildman–Crippen MR) is 92.9 cm³/mol. The Balaban J connectivity index is 3.84. The first-order valence-corrected chi connectivity index (χ1v) is 8.79. The molecule has 0 atom stereocenters. The third-order valence-electron chi connectivity index (χ3n) is 3.71. The Morgan fingerprint density at radius 1 is 1.00 bits per heavy atom. The molecule has 0 aliphatic rings. The van der Waals surface area contributed by atoms with E-state index in [1.54, 1.807) is 12.2 Å². The number of nitrogens with zero attached hydrogens (tertiary/aromatic N) is 1. The third kappa shape index (κ3) is 15.0. The average Bonchev–Trinajstić information content (AvgIpc) is 2.50. The Kier molecular flexibility index (Phi) is 14.2. The molecule has 5 nitrogen and oxygen atoms in total. The van der Waals surface area contributed by atoms with E-state index in [1.807, 2.05) is 6.08 Å². The number of carboxylic acid groups (broad SMARTS) is 1. The predicted octanol–water partition coefficient (Wildman–Crippen LogP) is 5.49. The first-order chi connectivity index (χ1) is 11.1. The summed E-state index contributed by atoms with van der Waals surface area (Å²) < 4.78 is 0. The second kappa shape index (κ2) is 15.3. The Bertz CT molecular complexity index is 388.